The van der Waals surface area contributed by atoms with Crippen LogP contribution in [0.15, 0.2) is 57.3 Å². The van der Waals surface area contributed by atoms with Crippen LogP contribution in [0.25, 0.3) is 16.0 Å². The number of ether oxygens (including phenoxy) is 3. The molecule has 208 valence electrons. The van der Waals surface area contributed by atoms with Gasteiger partial charge in [-0.25, -0.2) is 0 Å². The van der Waals surface area contributed by atoms with Crippen molar-refractivity contribution in [1.29, 1.82) is 0 Å². The topological polar surface area (TPSA) is 85.7 Å². The fourth-order valence-electron chi connectivity index (χ4n) is 5.62. The molecule has 7 nitrogen and oxygen atoms in total. The summed E-state index contributed by atoms with van der Waals surface area (Å²) in [7, 11) is -2.13. The van der Waals surface area contributed by atoms with E-state index in [9.17, 15) is 0 Å². The fourth-order valence-corrected chi connectivity index (χ4v) is 11.6. The average molecular weight is 605 g/mol. The summed E-state index contributed by atoms with van der Waals surface area (Å²) in [4.78, 5) is 2.94. The highest BCUT2D eigenvalue weighted by molar-refractivity contribution is 9.10. The van der Waals surface area contributed by atoms with Crippen LogP contribution in [0.1, 0.15) is 60.5 Å². The Balaban J connectivity index is 2.08. The van der Waals surface area contributed by atoms with Crippen molar-refractivity contribution >= 4 is 29.8 Å². The van der Waals surface area contributed by atoms with Crippen molar-refractivity contribution in [3.8, 4) is 0 Å². The van der Waals surface area contributed by atoms with Crippen LogP contribution in [0.5, 0.6) is 0 Å². The lowest BCUT2D eigenvalue weighted by atomic mass is 9.92. The molecule has 1 aromatic carbocycles. The molecule has 3 aliphatic heterocycles. The van der Waals surface area contributed by atoms with E-state index in [4.69, 9.17) is 24.2 Å². The minimum atomic E-state index is -2.13. The summed E-state index contributed by atoms with van der Waals surface area (Å²) >= 11 is 3.68. The van der Waals surface area contributed by atoms with Crippen LogP contribution in [-0.2, 0) is 18.6 Å². The lowest BCUT2D eigenvalue weighted by Gasteiger charge is -2.49. The second kappa shape index (κ2) is 13.1. The van der Waals surface area contributed by atoms with E-state index in [1.54, 1.807) is 0 Å². The molecule has 0 amide bonds. The molecule has 9 heteroatoms. The van der Waals surface area contributed by atoms with Gasteiger partial charge in [0.1, 0.15) is 0 Å². The monoisotopic (exact) mass is 603 g/mol. The van der Waals surface area contributed by atoms with Crippen LogP contribution in [-0.4, -0.2) is 47.3 Å². The molecule has 0 saturated carbocycles. The lowest BCUT2D eigenvalue weighted by Crippen LogP contribution is -2.57. The molecule has 38 heavy (non-hydrogen) atoms. The van der Waals surface area contributed by atoms with Crippen LogP contribution in [0.4, 0.5) is 0 Å². The van der Waals surface area contributed by atoms with Crippen LogP contribution >= 0.6 is 15.9 Å². The van der Waals surface area contributed by atoms with Crippen LogP contribution in [0, 0.1) is 5.41 Å². The molecule has 3 heterocycles. The molecule has 3 saturated heterocycles. The van der Waals surface area contributed by atoms with Gasteiger partial charge in [0.15, 0.2) is 0 Å². The summed E-state index contributed by atoms with van der Waals surface area (Å²) in [6, 6.07) is 8.01. The molecule has 0 unspecified atom stereocenters. The van der Waals surface area contributed by atoms with E-state index >= 15 is 0 Å². The van der Waals surface area contributed by atoms with Gasteiger partial charge in [0.05, 0.1) is 26.4 Å². The van der Waals surface area contributed by atoms with Gasteiger partial charge in [-0.05, 0) is 46.3 Å². The number of benzene rings is 1. The first-order valence-corrected chi connectivity index (χ1v) is 16.4. The molecule has 0 N–H and O–H groups in total. The van der Waals surface area contributed by atoms with Crippen molar-refractivity contribution in [3.63, 3.8) is 0 Å². The van der Waals surface area contributed by atoms with Gasteiger partial charge in [-0.2, -0.15) is 0 Å². The first-order valence-electron chi connectivity index (χ1n) is 13.5. The Hall–Kier alpha value is -1.67. The van der Waals surface area contributed by atoms with E-state index in [0.717, 1.165) is 21.2 Å². The van der Waals surface area contributed by atoms with Gasteiger partial charge in [0.2, 0.25) is 8.32 Å². The third-order valence-corrected chi connectivity index (χ3v) is 14.3. The molecular formula is C29H42BrN3O4Si. The maximum atomic E-state index is 8.87. The second-order valence-electron chi connectivity index (χ2n) is 11.5. The van der Waals surface area contributed by atoms with Crippen molar-refractivity contribution in [2.24, 2.45) is 10.5 Å². The van der Waals surface area contributed by atoms with Gasteiger partial charge < -0.3 is 18.6 Å². The normalized spacial score (nSPS) is 23.2. The van der Waals surface area contributed by atoms with Gasteiger partial charge in [-0.15, -0.1) is 5.73 Å². The number of rotatable bonds is 12. The molecule has 0 atom stereocenters. The first-order chi connectivity index (χ1) is 18.0. The standard InChI is InChI=1S/C29H42BrN3O4Si/c1-21(2)38(22(3)4,23(5)6)37-17-24(12-14-29-34-18-28(7,19-35-29)20-36-29)16-25(13-15-32-33-31)26-10-8-9-11-27(26)30/h8-12,14,21-23H,13,15,17-20H2,1-7H3/b14-12+. The number of hydrogen-bond acceptors (Lipinski definition) is 5. The zero-order valence-corrected chi connectivity index (χ0v) is 26.4. The van der Waals surface area contributed by atoms with Crippen molar-refractivity contribution in [2.75, 3.05) is 33.0 Å². The molecule has 3 fully saturated rings. The third kappa shape index (κ3) is 7.09. The molecule has 0 radical (unpaired) electrons. The Labute approximate surface area is 237 Å². The molecular weight excluding hydrogens is 562 g/mol. The summed E-state index contributed by atoms with van der Waals surface area (Å²) in [5, 5.41) is 3.78. The quantitative estimate of drug-likeness (QED) is 0.0598. The van der Waals surface area contributed by atoms with Crippen molar-refractivity contribution in [1.82, 2.24) is 0 Å². The predicted molar refractivity (Wildman–Crippen MR) is 158 cm³/mol. The van der Waals surface area contributed by atoms with Gasteiger partial charge in [-0.3, -0.25) is 0 Å². The highest BCUT2D eigenvalue weighted by Crippen LogP contribution is 2.43. The number of azide groups is 1. The van der Waals surface area contributed by atoms with E-state index in [-0.39, 0.29) is 5.41 Å². The number of fused-ring (bicyclic) bond motifs is 3. The van der Waals surface area contributed by atoms with Crippen LogP contribution in [0.3, 0.4) is 0 Å². The fraction of sp³-hybridized carbons (Fsp3) is 0.621. The smallest absolute Gasteiger partial charge is 0.305 e. The summed E-state index contributed by atoms with van der Waals surface area (Å²) < 4.78 is 25.9. The molecule has 2 bridgehead atoms. The van der Waals surface area contributed by atoms with Gasteiger partial charge in [0.25, 0.3) is 0 Å². The summed E-state index contributed by atoms with van der Waals surface area (Å²) in [6.45, 7) is 18.3. The lowest BCUT2D eigenvalue weighted by molar-refractivity contribution is -0.441. The van der Waals surface area contributed by atoms with Crippen molar-refractivity contribution in [2.45, 2.75) is 77.5 Å². The maximum Gasteiger partial charge on any atom is 0.305 e. The molecule has 0 aliphatic carbocycles. The molecule has 3 aliphatic rings. The Bertz CT molecular complexity index is 1070. The summed E-state index contributed by atoms with van der Waals surface area (Å²) in [5.41, 5.74) is 16.5. The highest BCUT2D eigenvalue weighted by atomic mass is 79.9. The molecule has 4 rings (SSSR count). The van der Waals surface area contributed by atoms with E-state index in [1.807, 2.05) is 36.4 Å². The Morgan fingerprint density at radius 2 is 1.68 bits per heavy atom. The largest absolute Gasteiger partial charge is 0.411 e. The zero-order chi connectivity index (χ0) is 28.0. The number of hydrogen-bond donors (Lipinski definition) is 0. The SMILES string of the molecule is CC(C)[Si](OCC(=C=C(CCN=[N+]=[N-])c1ccccc1Br)/C=C/C12OCC(C)(CO1)CO2)(C(C)C)C(C)C. The van der Waals surface area contributed by atoms with Crippen molar-refractivity contribution in [3.05, 3.63) is 68.2 Å². The van der Waals surface area contributed by atoms with Crippen LogP contribution in [0.2, 0.25) is 16.6 Å². The Morgan fingerprint density at radius 1 is 1.11 bits per heavy atom. The minimum Gasteiger partial charge on any atom is -0.411 e. The Morgan fingerprint density at radius 3 is 2.21 bits per heavy atom. The first kappa shape index (κ1) is 30.9. The van der Waals surface area contributed by atoms with Gasteiger partial charge >= 0.3 is 5.97 Å². The second-order valence-corrected chi connectivity index (χ2v) is 17.8. The van der Waals surface area contributed by atoms with Gasteiger partial charge in [-0.1, -0.05) is 87.7 Å². The van der Waals surface area contributed by atoms with Gasteiger partial charge in [0, 0.05) is 38.6 Å². The molecule has 0 spiro atoms. The highest BCUT2D eigenvalue weighted by Gasteiger charge is 2.49. The Kier molecular flexibility index (Phi) is 10.7. The predicted octanol–water partition coefficient (Wildman–Crippen LogP) is 8.54. The third-order valence-electron chi connectivity index (χ3n) is 7.57. The number of nitrogens with zero attached hydrogens (tertiary/aromatic N) is 3. The van der Waals surface area contributed by atoms with E-state index < -0.39 is 14.3 Å². The minimum absolute atomic E-state index is 0.109. The van der Waals surface area contributed by atoms with Crippen LogP contribution < -0.4 is 0 Å². The summed E-state index contributed by atoms with van der Waals surface area (Å²) in [5.74, 6) is -1.19. The van der Waals surface area contributed by atoms with Crippen molar-refractivity contribution < 1.29 is 18.6 Å². The van der Waals surface area contributed by atoms with E-state index in [1.165, 1.54) is 0 Å². The molecule has 1 aromatic rings. The number of halogens is 1. The average Bonchev–Trinajstić information content (AvgIpc) is 2.87. The van der Waals surface area contributed by atoms with E-state index in [0.29, 0.717) is 56.0 Å². The zero-order valence-electron chi connectivity index (χ0n) is 23.8. The van der Waals surface area contributed by atoms with E-state index in [2.05, 4.69) is 80.2 Å². The molecule has 0 aromatic heterocycles. The summed E-state index contributed by atoms with van der Waals surface area (Å²) in [6.07, 6.45) is 4.34. The maximum absolute atomic E-state index is 8.87.